The molecule has 1 unspecified atom stereocenters. The Balaban J connectivity index is 1.82. The fraction of sp³-hybridized carbons (Fsp3) is 0.368. The van der Waals surface area contributed by atoms with E-state index in [1.807, 2.05) is 44.2 Å². The van der Waals surface area contributed by atoms with Crippen molar-refractivity contribution in [2.75, 3.05) is 13.2 Å². The van der Waals surface area contributed by atoms with Gasteiger partial charge in [0.25, 0.3) is 11.5 Å². The number of carbonyl (C=O) groups excluding carboxylic acids is 2. The Morgan fingerprint density at radius 2 is 1.92 bits per heavy atom. The SMILES string of the molecule is CCCn1nc(C(=O)OCC(=O)NCC(C)c2ccccc2)ccc1=O. The maximum absolute atomic E-state index is 12.0. The van der Waals surface area contributed by atoms with E-state index in [9.17, 15) is 14.4 Å². The minimum atomic E-state index is -0.735. The predicted molar refractivity (Wildman–Crippen MR) is 96.9 cm³/mol. The predicted octanol–water partition coefficient (Wildman–Crippen LogP) is 1.73. The summed E-state index contributed by atoms with van der Waals surface area (Å²) in [6, 6.07) is 12.4. The van der Waals surface area contributed by atoms with Crippen molar-refractivity contribution in [3.63, 3.8) is 0 Å². The molecule has 138 valence electrons. The smallest absolute Gasteiger partial charge is 0.359 e. The monoisotopic (exact) mass is 357 g/mol. The number of hydrogen-bond donors (Lipinski definition) is 1. The van der Waals surface area contributed by atoms with Gasteiger partial charge in [-0.3, -0.25) is 9.59 Å². The van der Waals surface area contributed by atoms with Crippen LogP contribution in [-0.4, -0.2) is 34.8 Å². The highest BCUT2D eigenvalue weighted by Crippen LogP contribution is 2.12. The van der Waals surface area contributed by atoms with Crippen LogP contribution >= 0.6 is 0 Å². The summed E-state index contributed by atoms with van der Waals surface area (Å²) in [5, 5.41) is 6.69. The number of carbonyl (C=O) groups is 2. The summed E-state index contributed by atoms with van der Waals surface area (Å²) in [4.78, 5) is 35.5. The summed E-state index contributed by atoms with van der Waals surface area (Å²) in [7, 11) is 0. The molecule has 0 aliphatic rings. The van der Waals surface area contributed by atoms with E-state index >= 15 is 0 Å². The number of rotatable bonds is 8. The largest absolute Gasteiger partial charge is 0.451 e. The van der Waals surface area contributed by atoms with Crippen molar-refractivity contribution < 1.29 is 14.3 Å². The number of hydrogen-bond acceptors (Lipinski definition) is 5. The molecule has 0 spiro atoms. The first-order chi connectivity index (χ1) is 12.5. The van der Waals surface area contributed by atoms with E-state index in [4.69, 9.17) is 4.74 Å². The minimum absolute atomic E-state index is 0.00324. The van der Waals surface area contributed by atoms with Gasteiger partial charge in [0, 0.05) is 19.2 Å². The van der Waals surface area contributed by atoms with Crippen LogP contribution in [0.2, 0.25) is 0 Å². The van der Waals surface area contributed by atoms with Gasteiger partial charge in [-0.1, -0.05) is 44.2 Å². The van der Waals surface area contributed by atoms with Crippen molar-refractivity contribution in [2.24, 2.45) is 0 Å². The molecule has 7 nitrogen and oxygen atoms in total. The third-order valence-electron chi connectivity index (χ3n) is 3.82. The second-order valence-electron chi connectivity index (χ2n) is 5.97. The van der Waals surface area contributed by atoms with Gasteiger partial charge in [-0.05, 0) is 24.0 Å². The molecule has 1 aromatic carbocycles. The average molecular weight is 357 g/mol. The van der Waals surface area contributed by atoms with E-state index in [0.29, 0.717) is 19.5 Å². The van der Waals surface area contributed by atoms with Crippen LogP contribution in [0.15, 0.2) is 47.3 Å². The molecule has 0 fully saturated rings. The standard InChI is InChI=1S/C19H23N3O4/c1-3-11-22-18(24)10-9-16(21-22)19(25)26-13-17(23)20-12-14(2)15-7-5-4-6-8-15/h4-10,14H,3,11-13H2,1-2H3,(H,20,23). The van der Waals surface area contributed by atoms with Crippen molar-refractivity contribution in [3.8, 4) is 0 Å². The normalized spacial score (nSPS) is 11.6. The Morgan fingerprint density at radius 1 is 1.19 bits per heavy atom. The van der Waals surface area contributed by atoms with Crippen LogP contribution in [0.25, 0.3) is 0 Å². The number of nitrogens with one attached hydrogen (secondary N) is 1. The van der Waals surface area contributed by atoms with Gasteiger partial charge >= 0.3 is 5.97 Å². The maximum atomic E-state index is 12.0. The summed E-state index contributed by atoms with van der Waals surface area (Å²) >= 11 is 0. The van der Waals surface area contributed by atoms with Gasteiger partial charge in [0.1, 0.15) is 0 Å². The van der Waals surface area contributed by atoms with Crippen LogP contribution in [0.4, 0.5) is 0 Å². The summed E-state index contributed by atoms with van der Waals surface area (Å²) in [5.41, 5.74) is 0.840. The molecule has 2 rings (SSSR count). The lowest BCUT2D eigenvalue weighted by molar-refractivity contribution is -0.124. The molecular formula is C19H23N3O4. The van der Waals surface area contributed by atoms with E-state index in [1.165, 1.54) is 16.8 Å². The van der Waals surface area contributed by atoms with Crippen LogP contribution in [0.1, 0.15) is 42.2 Å². The Hall–Kier alpha value is -2.96. The minimum Gasteiger partial charge on any atom is -0.451 e. The van der Waals surface area contributed by atoms with Crippen molar-refractivity contribution in [1.82, 2.24) is 15.1 Å². The summed E-state index contributed by atoms with van der Waals surface area (Å²) in [5.74, 6) is -0.973. The highest BCUT2D eigenvalue weighted by Gasteiger charge is 2.14. The summed E-state index contributed by atoms with van der Waals surface area (Å²) in [6.45, 7) is 4.37. The molecule has 26 heavy (non-hydrogen) atoms. The van der Waals surface area contributed by atoms with Crippen LogP contribution in [0.5, 0.6) is 0 Å². The Labute approximate surface area is 152 Å². The zero-order chi connectivity index (χ0) is 18.9. The second kappa shape index (κ2) is 9.50. The van der Waals surface area contributed by atoms with Crippen LogP contribution in [0, 0.1) is 0 Å². The average Bonchev–Trinajstić information content (AvgIpc) is 2.66. The molecule has 0 aliphatic carbocycles. The Kier molecular flexibility index (Phi) is 7.08. The van der Waals surface area contributed by atoms with Gasteiger partial charge in [-0.15, -0.1) is 0 Å². The lowest BCUT2D eigenvalue weighted by Gasteiger charge is -2.13. The lowest BCUT2D eigenvalue weighted by atomic mass is 10.0. The molecule has 0 saturated carbocycles. The van der Waals surface area contributed by atoms with E-state index in [0.717, 1.165) is 5.56 Å². The molecule has 0 radical (unpaired) electrons. The molecule has 7 heteroatoms. The molecule has 0 aliphatic heterocycles. The van der Waals surface area contributed by atoms with Gasteiger partial charge in [-0.25, -0.2) is 9.48 Å². The molecule has 1 N–H and O–H groups in total. The van der Waals surface area contributed by atoms with Crippen molar-refractivity contribution >= 4 is 11.9 Å². The van der Waals surface area contributed by atoms with E-state index in [-0.39, 0.29) is 23.1 Å². The first-order valence-electron chi connectivity index (χ1n) is 8.58. The third kappa shape index (κ3) is 5.54. The lowest BCUT2D eigenvalue weighted by Crippen LogP contribution is -2.32. The number of esters is 1. The zero-order valence-electron chi connectivity index (χ0n) is 15.0. The first kappa shape index (κ1) is 19.4. The Bertz CT molecular complexity index is 802. The highest BCUT2D eigenvalue weighted by atomic mass is 16.5. The first-order valence-corrected chi connectivity index (χ1v) is 8.58. The fourth-order valence-corrected chi connectivity index (χ4v) is 2.35. The van der Waals surface area contributed by atoms with Crippen molar-refractivity contribution in [2.45, 2.75) is 32.7 Å². The van der Waals surface area contributed by atoms with E-state index in [1.54, 1.807) is 0 Å². The Morgan fingerprint density at radius 3 is 2.62 bits per heavy atom. The van der Waals surface area contributed by atoms with Gasteiger partial charge in [0.15, 0.2) is 12.3 Å². The quantitative estimate of drug-likeness (QED) is 0.727. The highest BCUT2D eigenvalue weighted by molar-refractivity contribution is 5.89. The van der Waals surface area contributed by atoms with Gasteiger partial charge in [0.2, 0.25) is 0 Å². The topological polar surface area (TPSA) is 90.3 Å². The molecule has 1 amide bonds. The van der Waals surface area contributed by atoms with Crippen LogP contribution in [-0.2, 0) is 16.1 Å². The number of ether oxygens (including phenoxy) is 1. The second-order valence-corrected chi connectivity index (χ2v) is 5.97. The zero-order valence-corrected chi connectivity index (χ0v) is 15.0. The molecule has 0 bridgehead atoms. The molecule has 2 aromatic rings. The van der Waals surface area contributed by atoms with Gasteiger partial charge < -0.3 is 10.1 Å². The van der Waals surface area contributed by atoms with Crippen molar-refractivity contribution in [3.05, 3.63) is 64.1 Å². The number of aryl methyl sites for hydroxylation is 1. The number of aromatic nitrogens is 2. The summed E-state index contributed by atoms with van der Waals surface area (Å²) < 4.78 is 6.18. The van der Waals surface area contributed by atoms with Crippen LogP contribution < -0.4 is 10.9 Å². The van der Waals surface area contributed by atoms with E-state index < -0.39 is 12.6 Å². The molecule has 1 heterocycles. The van der Waals surface area contributed by atoms with E-state index in [2.05, 4.69) is 10.4 Å². The number of nitrogens with zero attached hydrogens (tertiary/aromatic N) is 2. The third-order valence-corrected chi connectivity index (χ3v) is 3.82. The molecule has 0 saturated heterocycles. The molecule has 1 atom stereocenters. The van der Waals surface area contributed by atoms with Crippen molar-refractivity contribution in [1.29, 1.82) is 0 Å². The maximum Gasteiger partial charge on any atom is 0.359 e. The van der Waals surface area contributed by atoms with Gasteiger partial charge in [-0.2, -0.15) is 5.10 Å². The number of benzene rings is 1. The fourth-order valence-electron chi connectivity index (χ4n) is 2.35. The number of amides is 1. The molecule has 1 aromatic heterocycles. The van der Waals surface area contributed by atoms with Crippen LogP contribution in [0.3, 0.4) is 0 Å². The molecular weight excluding hydrogens is 334 g/mol. The summed E-state index contributed by atoms with van der Waals surface area (Å²) in [6.07, 6.45) is 0.716. The van der Waals surface area contributed by atoms with Gasteiger partial charge in [0.05, 0.1) is 0 Å².